The average Bonchev–Trinajstić information content (AvgIpc) is 2.50. The van der Waals surface area contributed by atoms with Crippen molar-refractivity contribution in [1.29, 1.82) is 0 Å². The molecule has 0 aliphatic heterocycles. The molecule has 0 saturated carbocycles. The zero-order chi connectivity index (χ0) is 19.5. The normalized spacial score (nSPS) is 12.2. The number of benzene rings is 1. The lowest BCUT2D eigenvalue weighted by Crippen LogP contribution is -2.27. The fourth-order valence-electron chi connectivity index (χ4n) is 4.12. The van der Waals surface area contributed by atoms with E-state index in [4.69, 9.17) is 14.5 Å². The van der Waals surface area contributed by atoms with E-state index in [1.54, 1.807) is 7.11 Å². The summed E-state index contributed by atoms with van der Waals surface area (Å²) in [5.74, 6) is 1.57. The van der Waals surface area contributed by atoms with Crippen LogP contribution in [0.3, 0.4) is 0 Å². The molecule has 0 saturated heterocycles. The number of pyridine rings is 1. The first kappa shape index (κ1) is 20.3. The number of hydrogen-bond acceptors (Lipinski definition) is 3. The van der Waals surface area contributed by atoms with Gasteiger partial charge in [0.25, 0.3) is 0 Å². The first-order valence-electron chi connectivity index (χ1n) is 9.27. The predicted octanol–water partition coefficient (Wildman–Crippen LogP) is 6.00. The molecule has 3 nitrogen and oxygen atoms in total. The summed E-state index contributed by atoms with van der Waals surface area (Å²) in [7, 11) is 1.69. The number of rotatable bonds is 6. The SMILES string of the molecule is COc1c(C)nc(C)c(C(C)(C)CC(C)(C)C)c1OCc1ccccc1. The van der Waals surface area contributed by atoms with Gasteiger partial charge in [0.15, 0.2) is 11.5 Å². The van der Waals surface area contributed by atoms with Gasteiger partial charge in [0.2, 0.25) is 0 Å². The van der Waals surface area contributed by atoms with Crippen LogP contribution in [0.25, 0.3) is 0 Å². The van der Waals surface area contributed by atoms with Gasteiger partial charge in [0.05, 0.1) is 12.8 Å². The molecule has 1 heterocycles. The van der Waals surface area contributed by atoms with Crippen molar-refractivity contribution in [1.82, 2.24) is 4.98 Å². The predicted molar refractivity (Wildman–Crippen MR) is 108 cm³/mol. The number of ether oxygens (including phenoxy) is 2. The molecule has 0 amide bonds. The lowest BCUT2D eigenvalue weighted by molar-refractivity contribution is 0.249. The summed E-state index contributed by atoms with van der Waals surface area (Å²) in [4.78, 5) is 4.75. The second-order valence-corrected chi connectivity index (χ2v) is 8.92. The van der Waals surface area contributed by atoms with Gasteiger partial charge >= 0.3 is 0 Å². The van der Waals surface area contributed by atoms with Crippen molar-refractivity contribution in [3.8, 4) is 11.5 Å². The van der Waals surface area contributed by atoms with Crippen LogP contribution >= 0.6 is 0 Å². The molecule has 142 valence electrons. The first-order chi connectivity index (χ1) is 12.0. The molecule has 0 aliphatic rings. The van der Waals surface area contributed by atoms with Crippen LogP contribution in [0.15, 0.2) is 30.3 Å². The maximum absolute atomic E-state index is 6.34. The van der Waals surface area contributed by atoms with Gasteiger partial charge in [-0.3, -0.25) is 4.98 Å². The van der Waals surface area contributed by atoms with Crippen LogP contribution < -0.4 is 9.47 Å². The van der Waals surface area contributed by atoms with E-state index in [0.717, 1.165) is 40.4 Å². The maximum Gasteiger partial charge on any atom is 0.182 e. The van der Waals surface area contributed by atoms with E-state index in [2.05, 4.69) is 53.7 Å². The van der Waals surface area contributed by atoms with E-state index in [1.807, 2.05) is 25.1 Å². The Labute approximate surface area is 158 Å². The van der Waals surface area contributed by atoms with Gasteiger partial charge in [-0.1, -0.05) is 65.0 Å². The third-order valence-corrected chi connectivity index (χ3v) is 4.54. The van der Waals surface area contributed by atoms with E-state index in [1.165, 1.54) is 0 Å². The third kappa shape index (κ3) is 4.78. The van der Waals surface area contributed by atoms with Gasteiger partial charge in [-0.15, -0.1) is 0 Å². The highest BCUT2D eigenvalue weighted by molar-refractivity contribution is 5.54. The van der Waals surface area contributed by atoms with Gasteiger partial charge in [0.1, 0.15) is 6.61 Å². The second-order valence-electron chi connectivity index (χ2n) is 8.92. The van der Waals surface area contributed by atoms with Crippen LogP contribution in [0.5, 0.6) is 11.5 Å². The molecule has 2 rings (SSSR count). The van der Waals surface area contributed by atoms with Gasteiger partial charge in [-0.05, 0) is 36.7 Å². The highest BCUT2D eigenvalue weighted by Gasteiger charge is 2.34. The van der Waals surface area contributed by atoms with Crippen LogP contribution in [0, 0.1) is 19.3 Å². The highest BCUT2D eigenvalue weighted by atomic mass is 16.5. The Morgan fingerprint density at radius 2 is 1.50 bits per heavy atom. The first-order valence-corrected chi connectivity index (χ1v) is 9.27. The minimum Gasteiger partial charge on any atom is -0.491 e. The number of methoxy groups -OCH3 is 1. The standard InChI is InChI=1S/C23H33NO2/c1-16-19(23(6,7)15-22(3,4)5)21(20(25-8)17(2)24-16)26-14-18-12-10-9-11-13-18/h9-13H,14-15H2,1-8H3. The lowest BCUT2D eigenvalue weighted by Gasteiger charge is -2.35. The minimum absolute atomic E-state index is 0.0810. The quantitative estimate of drug-likeness (QED) is 0.637. The fraction of sp³-hybridized carbons (Fsp3) is 0.522. The Morgan fingerprint density at radius 1 is 0.885 bits per heavy atom. The van der Waals surface area contributed by atoms with Crippen molar-refractivity contribution in [2.45, 2.75) is 66.9 Å². The summed E-state index contributed by atoms with van der Waals surface area (Å²) in [5, 5.41) is 0. The van der Waals surface area contributed by atoms with Crippen molar-refractivity contribution in [3.05, 3.63) is 52.8 Å². The van der Waals surface area contributed by atoms with Gasteiger partial charge in [-0.2, -0.15) is 0 Å². The topological polar surface area (TPSA) is 31.4 Å². The van der Waals surface area contributed by atoms with Crippen LogP contribution in [0.2, 0.25) is 0 Å². The van der Waals surface area contributed by atoms with Gasteiger partial charge < -0.3 is 9.47 Å². The average molecular weight is 356 g/mol. The smallest absolute Gasteiger partial charge is 0.182 e. The molecule has 3 heteroatoms. The molecule has 1 aromatic carbocycles. The molecule has 0 bridgehead atoms. The Hall–Kier alpha value is -2.03. The third-order valence-electron chi connectivity index (χ3n) is 4.54. The summed E-state index contributed by atoms with van der Waals surface area (Å²) >= 11 is 0. The van der Waals surface area contributed by atoms with E-state index in [0.29, 0.717) is 6.61 Å². The molecule has 0 atom stereocenters. The summed E-state index contributed by atoms with van der Waals surface area (Å²) in [5.41, 5.74) is 4.28. The van der Waals surface area contributed by atoms with Crippen LogP contribution in [0.1, 0.15) is 63.6 Å². The number of aromatic nitrogens is 1. The minimum atomic E-state index is -0.0810. The van der Waals surface area contributed by atoms with Crippen molar-refractivity contribution in [2.75, 3.05) is 7.11 Å². The van der Waals surface area contributed by atoms with E-state index < -0.39 is 0 Å². The molecular formula is C23H33NO2. The van der Waals surface area contributed by atoms with Crippen molar-refractivity contribution < 1.29 is 9.47 Å². The molecule has 1 aromatic heterocycles. The molecule has 26 heavy (non-hydrogen) atoms. The van der Waals surface area contributed by atoms with Crippen LogP contribution in [-0.2, 0) is 12.0 Å². The Bertz CT molecular complexity index is 743. The number of hydrogen-bond donors (Lipinski definition) is 0. The Balaban J connectivity index is 2.52. The zero-order valence-electron chi connectivity index (χ0n) is 17.6. The number of nitrogens with zero attached hydrogens (tertiary/aromatic N) is 1. The summed E-state index contributed by atoms with van der Waals surface area (Å²) in [6.07, 6.45) is 1.02. The summed E-state index contributed by atoms with van der Waals surface area (Å²) < 4.78 is 12.0. The maximum atomic E-state index is 6.34. The zero-order valence-corrected chi connectivity index (χ0v) is 17.6. The molecule has 0 unspecified atom stereocenters. The second kappa shape index (κ2) is 7.69. The fourth-order valence-corrected chi connectivity index (χ4v) is 4.12. The molecule has 0 fully saturated rings. The molecule has 0 radical (unpaired) electrons. The van der Waals surface area contributed by atoms with Gasteiger partial charge in [-0.25, -0.2) is 0 Å². The molecule has 0 spiro atoms. The summed E-state index contributed by atoms with van der Waals surface area (Å²) in [6, 6.07) is 10.2. The molecular weight excluding hydrogens is 322 g/mol. The van der Waals surface area contributed by atoms with Crippen molar-refractivity contribution >= 4 is 0 Å². The molecule has 2 aromatic rings. The molecule has 0 aliphatic carbocycles. The van der Waals surface area contributed by atoms with E-state index >= 15 is 0 Å². The monoisotopic (exact) mass is 355 g/mol. The van der Waals surface area contributed by atoms with Crippen LogP contribution in [0.4, 0.5) is 0 Å². The van der Waals surface area contributed by atoms with Gasteiger partial charge in [0, 0.05) is 11.3 Å². The van der Waals surface area contributed by atoms with Crippen molar-refractivity contribution in [3.63, 3.8) is 0 Å². The largest absolute Gasteiger partial charge is 0.491 e. The lowest BCUT2D eigenvalue weighted by atomic mass is 9.71. The number of aryl methyl sites for hydroxylation is 2. The van der Waals surface area contributed by atoms with E-state index in [9.17, 15) is 0 Å². The summed E-state index contributed by atoms with van der Waals surface area (Å²) in [6.45, 7) is 15.9. The van der Waals surface area contributed by atoms with Crippen LogP contribution in [-0.4, -0.2) is 12.1 Å². The highest BCUT2D eigenvalue weighted by Crippen LogP contribution is 2.46. The Kier molecular flexibility index (Phi) is 6.00. The van der Waals surface area contributed by atoms with Crippen molar-refractivity contribution in [2.24, 2.45) is 5.41 Å². The Morgan fingerprint density at radius 3 is 2.04 bits per heavy atom. The van der Waals surface area contributed by atoms with E-state index in [-0.39, 0.29) is 10.8 Å². The molecule has 0 N–H and O–H groups in total.